The molecule has 0 aliphatic carbocycles. The molecule has 5 nitrogen and oxygen atoms in total. The molecule has 0 radical (unpaired) electrons. The Morgan fingerprint density at radius 3 is 3.00 bits per heavy atom. The van der Waals surface area contributed by atoms with Gasteiger partial charge in [0.25, 0.3) is 0 Å². The summed E-state index contributed by atoms with van der Waals surface area (Å²) in [4.78, 5) is 11.6. The number of aromatic nitrogens is 2. The standard InChI is InChI=1S/C15H19N3O2/c1-3-20-15(19)12(2)17-14-7-4-6-13(10-14)11-18-9-5-8-16-18/h4-10,12,17H,3,11H2,1-2H3. The second-order valence-electron chi connectivity index (χ2n) is 4.52. The maximum Gasteiger partial charge on any atom is 0.328 e. The first-order valence-corrected chi connectivity index (χ1v) is 6.68. The summed E-state index contributed by atoms with van der Waals surface area (Å²) < 4.78 is 6.83. The van der Waals surface area contributed by atoms with Crippen molar-refractivity contribution in [3.05, 3.63) is 48.3 Å². The Morgan fingerprint density at radius 1 is 1.45 bits per heavy atom. The maximum atomic E-state index is 11.6. The van der Waals surface area contributed by atoms with Crippen molar-refractivity contribution in [3.8, 4) is 0 Å². The molecule has 1 heterocycles. The van der Waals surface area contributed by atoms with Crippen LogP contribution < -0.4 is 5.32 Å². The number of hydrogen-bond acceptors (Lipinski definition) is 4. The van der Waals surface area contributed by atoms with Crippen molar-refractivity contribution in [3.63, 3.8) is 0 Å². The van der Waals surface area contributed by atoms with Gasteiger partial charge in [0.15, 0.2) is 0 Å². The summed E-state index contributed by atoms with van der Waals surface area (Å²) >= 11 is 0. The van der Waals surface area contributed by atoms with Crippen LogP contribution in [0.5, 0.6) is 0 Å². The monoisotopic (exact) mass is 273 g/mol. The zero-order chi connectivity index (χ0) is 14.4. The van der Waals surface area contributed by atoms with Crippen molar-refractivity contribution in [2.75, 3.05) is 11.9 Å². The van der Waals surface area contributed by atoms with E-state index in [9.17, 15) is 4.79 Å². The number of ether oxygens (including phenoxy) is 1. The molecule has 1 aromatic carbocycles. The zero-order valence-corrected chi connectivity index (χ0v) is 11.7. The van der Waals surface area contributed by atoms with Crippen LogP contribution >= 0.6 is 0 Å². The number of carbonyl (C=O) groups is 1. The lowest BCUT2D eigenvalue weighted by Crippen LogP contribution is -2.28. The van der Waals surface area contributed by atoms with E-state index in [-0.39, 0.29) is 12.0 Å². The van der Waals surface area contributed by atoms with E-state index >= 15 is 0 Å². The van der Waals surface area contributed by atoms with Gasteiger partial charge in [-0.25, -0.2) is 4.79 Å². The number of esters is 1. The second-order valence-corrected chi connectivity index (χ2v) is 4.52. The molecule has 1 atom stereocenters. The van der Waals surface area contributed by atoms with E-state index in [1.807, 2.05) is 41.2 Å². The van der Waals surface area contributed by atoms with Crippen molar-refractivity contribution in [1.82, 2.24) is 9.78 Å². The first kappa shape index (κ1) is 14.1. The molecule has 1 N–H and O–H groups in total. The van der Waals surface area contributed by atoms with E-state index in [0.29, 0.717) is 13.2 Å². The number of benzene rings is 1. The molecular weight excluding hydrogens is 254 g/mol. The van der Waals surface area contributed by atoms with Crippen molar-refractivity contribution < 1.29 is 9.53 Å². The molecule has 0 bridgehead atoms. The molecule has 2 aromatic rings. The Kier molecular flexibility index (Phi) is 4.76. The zero-order valence-electron chi connectivity index (χ0n) is 11.7. The van der Waals surface area contributed by atoms with Gasteiger partial charge in [0.2, 0.25) is 0 Å². The lowest BCUT2D eigenvalue weighted by atomic mass is 10.2. The number of nitrogens with zero attached hydrogens (tertiary/aromatic N) is 2. The molecule has 0 spiro atoms. The van der Waals surface area contributed by atoms with E-state index in [2.05, 4.69) is 10.4 Å². The molecule has 0 saturated heterocycles. The molecule has 20 heavy (non-hydrogen) atoms. The summed E-state index contributed by atoms with van der Waals surface area (Å²) in [6.45, 7) is 4.69. The molecule has 2 rings (SSSR count). The summed E-state index contributed by atoms with van der Waals surface area (Å²) in [5, 5.41) is 7.32. The van der Waals surface area contributed by atoms with E-state index < -0.39 is 0 Å². The summed E-state index contributed by atoms with van der Waals surface area (Å²) in [6.07, 6.45) is 3.67. The predicted molar refractivity (Wildman–Crippen MR) is 77.5 cm³/mol. The van der Waals surface area contributed by atoms with Crippen LogP contribution in [0.25, 0.3) is 0 Å². The molecule has 0 amide bonds. The van der Waals surface area contributed by atoms with E-state index in [1.54, 1.807) is 20.0 Å². The highest BCUT2D eigenvalue weighted by Crippen LogP contribution is 2.13. The van der Waals surface area contributed by atoms with Crippen LogP contribution in [0.4, 0.5) is 5.69 Å². The first-order chi connectivity index (χ1) is 9.69. The fourth-order valence-electron chi connectivity index (χ4n) is 1.92. The van der Waals surface area contributed by atoms with Gasteiger partial charge in [-0.15, -0.1) is 0 Å². The lowest BCUT2D eigenvalue weighted by molar-refractivity contribution is -0.143. The molecular formula is C15H19N3O2. The van der Waals surface area contributed by atoms with Gasteiger partial charge < -0.3 is 10.1 Å². The fraction of sp³-hybridized carbons (Fsp3) is 0.333. The van der Waals surface area contributed by atoms with Crippen LogP contribution in [0.2, 0.25) is 0 Å². The topological polar surface area (TPSA) is 56.1 Å². The third-order valence-corrected chi connectivity index (χ3v) is 2.85. The number of hydrogen-bond donors (Lipinski definition) is 1. The van der Waals surface area contributed by atoms with Gasteiger partial charge in [-0.1, -0.05) is 12.1 Å². The van der Waals surface area contributed by atoms with E-state index in [0.717, 1.165) is 11.3 Å². The van der Waals surface area contributed by atoms with Gasteiger partial charge in [-0.2, -0.15) is 5.10 Å². The Bertz CT molecular complexity index is 552. The highest BCUT2D eigenvalue weighted by atomic mass is 16.5. The number of nitrogens with one attached hydrogen (secondary N) is 1. The maximum absolute atomic E-state index is 11.6. The van der Waals surface area contributed by atoms with Crippen LogP contribution in [0.3, 0.4) is 0 Å². The number of rotatable bonds is 6. The minimum absolute atomic E-state index is 0.245. The molecule has 5 heteroatoms. The third kappa shape index (κ3) is 3.85. The molecule has 0 aliphatic rings. The van der Waals surface area contributed by atoms with Gasteiger partial charge in [0.05, 0.1) is 13.2 Å². The molecule has 0 aliphatic heterocycles. The minimum Gasteiger partial charge on any atom is -0.464 e. The van der Waals surface area contributed by atoms with Crippen LogP contribution in [0, 0.1) is 0 Å². The summed E-state index contributed by atoms with van der Waals surface area (Å²) in [6, 6.07) is 9.46. The number of anilines is 1. The van der Waals surface area contributed by atoms with E-state index in [4.69, 9.17) is 4.74 Å². The number of carbonyl (C=O) groups excluding carboxylic acids is 1. The van der Waals surface area contributed by atoms with Gasteiger partial charge in [-0.05, 0) is 37.6 Å². The van der Waals surface area contributed by atoms with Gasteiger partial charge >= 0.3 is 5.97 Å². The van der Waals surface area contributed by atoms with Gasteiger partial charge in [-0.3, -0.25) is 4.68 Å². The Labute approximate surface area is 118 Å². The largest absolute Gasteiger partial charge is 0.464 e. The highest BCUT2D eigenvalue weighted by Gasteiger charge is 2.13. The smallest absolute Gasteiger partial charge is 0.328 e. The Balaban J connectivity index is 2.00. The molecule has 0 saturated carbocycles. The molecule has 1 unspecified atom stereocenters. The average molecular weight is 273 g/mol. The SMILES string of the molecule is CCOC(=O)C(C)Nc1cccc(Cn2cccn2)c1. The summed E-state index contributed by atoms with van der Waals surface area (Å²) in [7, 11) is 0. The fourth-order valence-corrected chi connectivity index (χ4v) is 1.92. The Morgan fingerprint density at radius 2 is 2.30 bits per heavy atom. The quantitative estimate of drug-likeness (QED) is 0.820. The third-order valence-electron chi connectivity index (χ3n) is 2.85. The summed E-state index contributed by atoms with van der Waals surface area (Å²) in [5.74, 6) is -0.245. The average Bonchev–Trinajstić information content (AvgIpc) is 2.92. The van der Waals surface area contributed by atoms with Crippen LogP contribution in [-0.2, 0) is 16.1 Å². The minimum atomic E-state index is -0.366. The van der Waals surface area contributed by atoms with Crippen LogP contribution in [-0.4, -0.2) is 28.4 Å². The first-order valence-electron chi connectivity index (χ1n) is 6.68. The van der Waals surface area contributed by atoms with Crippen molar-refractivity contribution in [2.24, 2.45) is 0 Å². The Hall–Kier alpha value is -2.30. The van der Waals surface area contributed by atoms with Crippen LogP contribution in [0.1, 0.15) is 19.4 Å². The second kappa shape index (κ2) is 6.75. The summed E-state index contributed by atoms with van der Waals surface area (Å²) in [5.41, 5.74) is 2.02. The van der Waals surface area contributed by atoms with Crippen molar-refractivity contribution >= 4 is 11.7 Å². The molecule has 106 valence electrons. The molecule has 1 aromatic heterocycles. The van der Waals surface area contributed by atoms with Crippen molar-refractivity contribution in [2.45, 2.75) is 26.4 Å². The van der Waals surface area contributed by atoms with Gasteiger partial charge in [0.1, 0.15) is 6.04 Å². The predicted octanol–water partition coefficient (Wildman–Crippen LogP) is 2.29. The van der Waals surface area contributed by atoms with E-state index in [1.165, 1.54) is 0 Å². The molecule has 0 fully saturated rings. The lowest BCUT2D eigenvalue weighted by Gasteiger charge is -2.14. The van der Waals surface area contributed by atoms with Gasteiger partial charge in [0, 0.05) is 18.1 Å². The highest BCUT2D eigenvalue weighted by molar-refractivity contribution is 5.78. The van der Waals surface area contributed by atoms with Crippen molar-refractivity contribution in [1.29, 1.82) is 0 Å². The van der Waals surface area contributed by atoms with Crippen LogP contribution in [0.15, 0.2) is 42.7 Å². The normalized spacial score (nSPS) is 11.9.